The molecule has 148 valence electrons. The fourth-order valence-corrected chi connectivity index (χ4v) is 2.98. The second-order valence-electron chi connectivity index (χ2n) is 7.74. The molecule has 0 amide bonds. The van der Waals surface area contributed by atoms with Crippen LogP contribution >= 0.6 is 24.0 Å². The third-order valence-corrected chi connectivity index (χ3v) is 4.24. The van der Waals surface area contributed by atoms with Crippen molar-refractivity contribution in [3.05, 3.63) is 35.9 Å². The molecule has 0 atom stereocenters. The number of hydrogen-bond acceptors (Lipinski definition) is 3. The van der Waals surface area contributed by atoms with Gasteiger partial charge >= 0.3 is 0 Å². The molecule has 2 rings (SSSR count). The van der Waals surface area contributed by atoms with E-state index in [1.807, 2.05) is 0 Å². The molecule has 0 spiro atoms. The molecule has 0 bridgehead atoms. The van der Waals surface area contributed by atoms with E-state index in [4.69, 9.17) is 4.99 Å². The maximum absolute atomic E-state index is 4.72. The zero-order valence-corrected chi connectivity index (χ0v) is 19.1. The van der Waals surface area contributed by atoms with Crippen LogP contribution in [0, 0.1) is 0 Å². The van der Waals surface area contributed by atoms with Crippen molar-refractivity contribution in [2.75, 3.05) is 45.8 Å². The van der Waals surface area contributed by atoms with Crippen LogP contribution in [-0.2, 0) is 6.54 Å². The lowest BCUT2D eigenvalue weighted by molar-refractivity contribution is 0.130. The predicted octanol–water partition coefficient (Wildman–Crippen LogP) is 2.78. The maximum Gasteiger partial charge on any atom is 0.191 e. The van der Waals surface area contributed by atoms with Gasteiger partial charge in [-0.2, -0.15) is 0 Å². The number of rotatable bonds is 6. The lowest BCUT2D eigenvalue weighted by Gasteiger charge is -2.34. The van der Waals surface area contributed by atoms with E-state index >= 15 is 0 Å². The van der Waals surface area contributed by atoms with Gasteiger partial charge in [-0.05, 0) is 33.3 Å². The van der Waals surface area contributed by atoms with E-state index in [1.54, 1.807) is 0 Å². The average molecular weight is 473 g/mol. The molecule has 26 heavy (non-hydrogen) atoms. The first-order chi connectivity index (χ1) is 12.0. The molecule has 0 radical (unpaired) electrons. The van der Waals surface area contributed by atoms with E-state index in [2.05, 4.69) is 78.5 Å². The van der Waals surface area contributed by atoms with E-state index in [9.17, 15) is 0 Å². The molecule has 0 aliphatic carbocycles. The molecule has 1 heterocycles. The van der Waals surface area contributed by atoms with Gasteiger partial charge in [-0.25, -0.2) is 0 Å². The molecule has 1 aromatic rings. The minimum atomic E-state index is 0. The zero-order valence-electron chi connectivity index (χ0n) is 16.8. The number of halogens is 1. The maximum atomic E-state index is 4.72. The highest BCUT2D eigenvalue weighted by Crippen LogP contribution is 2.08. The molecule has 2 N–H and O–H groups in total. The van der Waals surface area contributed by atoms with Gasteiger partial charge in [0.1, 0.15) is 0 Å². The summed E-state index contributed by atoms with van der Waals surface area (Å²) in [5.41, 5.74) is 1.44. The molecule has 1 aliphatic rings. The molecule has 0 aromatic heterocycles. The monoisotopic (exact) mass is 473 g/mol. The van der Waals surface area contributed by atoms with Crippen LogP contribution in [0.2, 0.25) is 0 Å². The number of piperazine rings is 1. The van der Waals surface area contributed by atoms with Crippen LogP contribution in [0.1, 0.15) is 33.3 Å². The van der Waals surface area contributed by atoms with Crippen LogP contribution in [-0.4, -0.2) is 67.1 Å². The Morgan fingerprint density at radius 3 is 2.23 bits per heavy atom. The minimum absolute atomic E-state index is 0. The number of aliphatic imine (C=N–C) groups is 1. The van der Waals surface area contributed by atoms with Crippen molar-refractivity contribution >= 4 is 29.9 Å². The smallest absolute Gasteiger partial charge is 0.191 e. The molecule has 0 saturated carbocycles. The Kier molecular flexibility index (Phi) is 10.5. The topological polar surface area (TPSA) is 42.9 Å². The van der Waals surface area contributed by atoms with Crippen molar-refractivity contribution in [3.8, 4) is 0 Å². The van der Waals surface area contributed by atoms with Crippen LogP contribution in [0.5, 0.6) is 0 Å². The first-order valence-corrected chi connectivity index (χ1v) is 9.51. The summed E-state index contributed by atoms with van der Waals surface area (Å²) < 4.78 is 0. The lowest BCUT2D eigenvalue weighted by Crippen LogP contribution is -2.48. The molecule has 5 nitrogen and oxygen atoms in total. The Morgan fingerprint density at radius 1 is 1.04 bits per heavy atom. The van der Waals surface area contributed by atoms with Crippen molar-refractivity contribution in [1.29, 1.82) is 0 Å². The van der Waals surface area contributed by atoms with Crippen LogP contribution in [0.15, 0.2) is 35.3 Å². The number of nitrogens with zero attached hydrogens (tertiary/aromatic N) is 3. The van der Waals surface area contributed by atoms with E-state index in [-0.39, 0.29) is 29.5 Å². The Hall–Kier alpha value is -0.860. The minimum Gasteiger partial charge on any atom is -0.357 e. The van der Waals surface area contributed by atoms with Gasteiger partial charge in [0, 0.05) is 51.4 Å². The largest absolute Gasteiger partial charge is 0.357 e. The lowest BCUT2D eigenvalue weighted by atomic mass is 10.1. The fourth-order valence-electron chi connectivity index (χ4n) is 2.98. The summed E-state index contributed by atoms with van der Waals surface area (Å²) in [6.07, 6.45) is 0. The highest BCUT2D eigenvalue weighted by atomic mass is 127. The molecular formula is C20H36IN5. The van der Waals surface area contributed by atoms with Gasteiger partial charge in [-0.15, -0.1) is 24.0 Å². The highest BCUT2D eigenvalue weighted by molar-refractivity contribution is 14.0. The summed E-state index contributed by atoms with van der Waals surface area (Å²) in [6, 6.07) is 10.8. The number of guanidine groups is 1. The average Bonchev–Trinajstić information content (AvgIpc) is 2.56. The van der Waals surface area contributed by atoms with Crippen LogP contribution in [0.25, 0.3) is 0 Å². The summed E-state index contributed by atoms with van der Waals surface area (Å²) in [5, 5.41) is 6.76. The highest BCUT2D eigenvalue weighted by Gasteiger charge is 2.17. The van der Waals surface area contributed by atoms with Crippen molar-refractivity contribution in [3.63, 3.8) is 0 Å². The van der Waals surface area contributed by atoms with Gasteiger partial charge in [0.25, 0.3) is 0 Å². The van der Waals surface area contributed by atoms with E-state index in [0.29, 0.717) is 0 Å². The SMILES string of the molecule is CCNC(=NCCN1CCN(Cc2ccccc2)CC1)NC(C)(C)C.I. The van der Waals surface area contributed by atoms with E-state index in [1.165, 1.54) is 5.56 Å². The summed E-state index contributed by atoms with van der Waals surface area (Å²) in [5.74, 6) is 0.915. The van der Waals surface area contributed by atoms with Crippen molar-refractivity contribution in [2.24, 2.45) is 4.99 Å². The number of benzene rings is 1. The molecule has 0 unspecified atom stereocenters. The number of nitrogens with one attached hydrogen (secondary N) is 2. The van der Waals surface area contributed by atoms with Gasteiger partial charge in [0.15, 0.2) is 5.96 Å². The van der Waals surface area contributed by atoms with Crippen molar-refractivity contribution in [2.45, 2.75) is 39.8 Å². The first kappa shape index (κ1) is 23.2. The van der Waals surface area contributed by atoms with Crippen LogP contribution in [0.4, 0.5) is 0 Å². The van der Waals surface area contributed by atoms with Crippen molar-refractivity contribution < 1.29 is 0 Å². The summed E-state index contributed by atoms with van der Waals surface area (Å²) in [7, 11) is 0. The van der Waals surface area contributed by atoms with Gasteiger partial charge in [0.05, 0.1) is 6.54 Å². The third kappa shape index (κ3) is 9.19. The van der Waals surface area contributed by atoms with Crippen LogP contribution < -0.4 is 10.6 Å². The summed E-state index contributed by atoms with van der Waals surface area (Å²) in [4.78, 5) is 9.78. The first-order valence-electron chi connectivity index (χ1n) is 9.51. The van der Waals surface area contributed by atoms with Crippen molar-refractivity contribution in [1.82, 2.24) is 20.4 Å². The molecule has 1 aromatic carbocycles. The quantitative estimate of drug-likeness (QED) is 0.379. The normalized spacial score (nSPS) is 16.8. The Bertz CT molecular complexity index is 519. The Labute approximate surface area is 176 Å². The fraction of sp³-hybridized carbons (Fsp3) is 0.650. The van der Waals surface area contributed by atoms with E-state index in [0.717, 1.165) is 58.3 Å². The van der Waals surface area contributed by atoms with Gasteiger partial charge < -0.3 is 10.6 Å². The molecule has 1 fully saturated rings. The van der Waals surface area contributed by atoms with Gasteiger partial charge in [-0.3, -0.25) is 14.8 Å². The predicted molar refractivity (Wildman–Crippen MR) is 122 cm³/mol. The summed E-state index contributed by atoms with van der Waals surface area (Å²) >= 11 is 0. The molecule has 6 heteroatoms. The summed E-state index contributed by atoms with van der Waals surface area (Å²) in [6.45, 7) is 16.9. The molecular weight excluding hydrogens is 437 g/mol. The van der Waals surface area contributed by atoms with Gasteiger partial charge in [0.2, 0.25) is 0 Å². The van der Waals surface area contributed by atoms with E-state index < -0.39 is 0 Å². The Morgan fingerprint density at radius 2 is 1.65 bits per heavy atom. The van der Waals surface area contributed by atoms with Gasteiger partial charge in [-0.1, -0.05) is 30.3 Å². The second kappa shape index (κ2) is 11.8. The molecule has 1 saturated heterocycles. The Balaban J connectivity index is 0.00000338. The van der Waals surface area contributed by atoms with Crippen LogP contribution in [0.3, 0.4) is 0 Å². The number of hydrogen-bond donors (Lipinski definition) is 2. The second-order valence-corrected chi connectivity index (χ2v) is 7.74. The zero-order chi connectivity index (χ0) is 18.1. The molecule has 1 aliphatic heterocycles. The standard InChI is InChI=1S/C20H35N5.HI/c1-5-21-19(23-20(2,3)4)22-11-12-24-13-15-25(16-14-24)17-18-9-7-6-8-10-18;/h6-10H,5,11-17H2,1-4H3,(H2,21,22,23);1H. The third-order valence-electron chi connectivity index (χ3n) is 4.24.